The number of hydrogen-bond donors (Lipinski definition) is 2. The van der Waals surface area contributed by atoms with Crippen LogP contribution in [0.3, 0.4) is 0 Å². The molecule has 0 fully saturated rings. The lowest BCUT2D eigenvalue weighted by Gasteiger charge is -2.03. The number of methoxy groups -OCH3 is 1. The number of nitrogens with one attached hydrogen (secondary N) is 2. The molecular formula is C11H9N5O5. The minimum Gasteiger partial charge on any atom is -0.464 e. The number of nitro groups is 1. The van der Waals surface area contributed by atoms with Crippen LogP contribution in [-0.2, 0) is 4.74 Å². The molecule has 0 spiro atoms. The molecule has 0 saturated carbocycles. The van der Waals surface area contributed by atoms with Gasteiger partial charge in [-0.05, 0) is 16.0 Å². The van der Waals surface area contributed by atoms with Crippen LogP contribution in [0.5, 0.6) is 0 Å². The smallest absolute Gasteiger partial charge is 0.363 e. The predicted molar refractivity (Wildman–Crippen MR) is 68.8 cm³/mol. The van der Waals surface area contributed by atoms with Gasteiger partial charge in [0, 0.05) is 6.07 Å². The molecule has 0 aromatic carbocycles. The fourth-order valence-electron chi connectivity index (χ4n) is 1.48. The molecule has 10 heteroatoms. The summed E-state index contributed by atoms with van der Waals surface area (Å²) >= 11 is 0. The lowest BCUT2D eigenvalue weighted by atomic mass is 10.3. The van der Waals surface area contributed by atoms with Crippen molar-refractivity contribution in [2.75, 3.05) is 12.4 Å². The SMILES string of the molecule is COC(=O)c1nc[nH]c1C(=O)Nc1ccc([N+](=O)[O-])nc1. The van der Waals surface area contributed by atoms with Gasteiger partial charge in [0.1, 0.15) is 5.69 Å². The van der Waals surface area contributed by atoms with Gasteiger partial charge in [0.15, 0.2) is 11.9 Å². The maximum Gasteiger partial charge on any atom is 0.363 e. The number of aromatic amines is 1. The summed E-state index contributed by atoms with van der Waals surface area (Å²) in [6, 6.07) is 2.46. The number of H-pyrrole nitrogens is 1. The van der Waals surface area contributed by atoms with Crippen molar-refractivity contribution in [3.8, 4) is 0 Å². The zero-order chi connectivity index (χ0) is 15.4. The summed E-state index contributed by atoms with van der Waals surface area (Å²) in [7, 11) is 1.17. The van der Waals surface area contributed by atoms with E-state index in [0.717, 1.165) is 12.3 Å². The minimum atomic E-state index is -0.761. The summed E-state index contributed by atoms with van der Waals surface area (Å²) in [5, 5.41) is 12.9. The molecule has 2 rings (SSSR count). The fraction of sp³-hybridized carbons (Fsp3) is 0.0909. The maximum absolute atomic E-state index is 12.0. The van der Waals surface area contributed by atoms with Crippen molar-refractivity contribution in [2.45, 2.75) is 0 Å². The zero-order valence-electron chi connectivity index (χ0n) is 10.7. The van der Waals surface area contributed by atoms with Crippen LogP contribution < -0.4 is 5.32 Å². The van der Waals surface area contributed by atoms with E-state index in [-0.39, 0.29) is 22.9 Å². The normalized spacial score (nSPS) is 9.95. The summed E-state index contributed by atoms with van der Waals surface area (Å²) in [5.41, 5.74) is -0.0129. The molecule has 0 saturated heterocycles. The van der Waals surface area contributed by atoms with Crippen LogP contribution in [0.1, 0.15) is 21.0 Å². The Morgan fingerprint density at radius 2 is 2.14 bits per heavy atom. The number of hydrogen-bond acceptors (Lipinski definition) is 7. The van der Waals surface area contributed by atoms with Crippen LogP contribution in [0.4, 0.5) is 11.5 Å². The number of esters is 1. The first-order valence-electron chi connectivity index (χ1n) is 5.56. The molecule has 0 unspecified atom stereocenters. The van der Waals surface area contributed by atoms with Crippen molar-refractivity contribution in [2.24, 2.45) is 0 Å². The van der Waals surface area contributed by atoms with Gasteiger partial charge < -0.3 is 25.2 Å². The molecular weight excluding hydrogens is 282 g/mol. The van der Waals surface area contributed by atoms with Crippen LogP contribution in [0.2, 0.25) is 0 Å². The number of ether oxygens (including phenoxy) is 1. The standard InChI is InChI=1S/C11H9N5O5/c1-21-11(18)9-8(13-5-14-9)10(17)15-6-2-3-7(12-4-6)16(19)20/h2-5H,1H3,(H,13,14)(H,15,17). The summed E-state index contributed by atoms with van der Waals surface area (Å²) in [6.45, 7) is 0. The Morgan fingerprint density at radius 3 is 2.71 bits per heavy atom. The van der Waals surface area contributed by atoms with Crippen LogP contribution >= 0.6 is 0 Å². The van der Waals surface area contributed by atoms with E-state index < -0.39 is 16.8 Å². The predicted octanol–water partition coefficient (Wildman–Crippen LogP) is 0.752. The number of imidazole rings is 1. The van der Waals surface area contributed by atoms with Crippen LogP contribution in [-0.4, -0.2) is 38.9 Å². The fourth-order valence-corrected chi connectivity index (χ4v) is 1.48. The Morgan fingerprint density at radius 1 is 1.38 bits per heavy atom. The van der Waals surface area contributed by atoms with Gasteiger partial charge in [0.05, 0.1) is 19.1 Å². The second kappa shape index (κ2) is 5.77. The van der Waals surface area contributed by atoms with Crippen molar-refractivity contribution >= 4 is 23.4 Å². The van der Waals surface area contributed by atoms with Gasteiger partial charge in [-0.3, -0.25) is 4.79 Å². The van der Waals surface area contributed by atoms with E-state index in [2.05, 4.69) is 25.0 Å². The average molecular weight is 291 g/mol. The second-order valence-electron chi connectivity index (χ2n) is 3.73. The van der Waals surface area contributed by atoms with E-state index in [4.69, 9.17) is 0 Å². The van der Waals surface area contributed by atoms with Crippen molar-refractivity contribution in [1.29, 1.82) is 0 Å². The second-order valence-corrected chi connectivity index (χ2v) is 3.73. The van der Waals surface area contributed by atoms with Gasteiger partial charge in [0.25, 0.3) is 5.91 Å². The van der Waals surface area contributed by atoms with Gasteiger partial charge in [-0.1, -0.05) is 0 Å². The third-order valence-corrected chi connectivity index (χ3v) is 2.44. The molecule has 0 atom stereocenters. The zero-order valence-corrected chi connectivity index (χ0v) is 10.7. The monoisotopic (exact) mass is 291 g/mol. The minimum absolute atomic E-state index is 0.0831. The number of aromatic nitrogens is 3. The number of anilines is 1. The number of nitrogens with zero attached hydrogens (tertiary/aromatic N) is 3. The lowest BCUT2D eigenvalue weighted by molar-refractivity contribution is -0.389. The van der Waals surface area contributed by atoms with E-state index in [1.165, 1.54) is 19.5 Å². The molecule has 0 aliphatic heterocycles. The Balaban J connectivity index is 2.16. The number of amides is 1. The average Bonchev–Trinajstić information content (AvgIpc) is 2.96. The Kier molecular flexibility index (Phi) is 3.88. The first kappa shape index (κ1) is 14.1. The summed E-state index contributed by atoms with van der Waals surface area (Å²) < 4.78 is 4.49. The summed E-state index contributed by atoms with van der Waals surface area (Å²) in [6.07, 6.45) is 2.31. The molecule has 108 valence electrons. The topological polar surface area (TPSA) is 140 Å². The molecule has 0 radical (unpaired) electrons. The van der Waals surface area contributed by atoms with Gasteiger partial charge in [-0.15, -0.1) is 0 Å². The molecule has 21 heavy (non-hydrogen) atoms. The lowest BCUT2D eigenvalue weighted by Crippen LogP contribution is -2.17. The first-order chi connectivity index (χ1) is 10.0. The molecule has 10 nitrogen and oxygen atoms in total. The number of carbonyl (C=O) groups excluding carboxylic acids is 2. The van der Waals surface area contributed by atoms with Crippen molar-refractivity contribution < 1.29 is 19.2 Å². The van der Waals surface area contributed by atoms with Crippen molar-refractivity contribution in [3.05, 3.63) is 46.2 Å². The summed E-state index contributed by atoms with van der Waals surface area (Å²) in [5.74, 6) is -1.75. The van der Waals surface area contributed by atoms with Crippen molar-refractivity contribution in [1.82, 2.24) is 15.0 Å². The number of rotatable bonds is 4. The quantitative estimate of drug-likeness (QED) is 0.481. The van der Waals surface area contributed by atoms with Crippen LogP contribution in [0, 0.1) is 10.1 Å². The Bertz CT molecular complexity index is 693. The van der Waals surface area contributed by atoms with Crippen LogP contribution in [0.25, 0.3) is 0 Å². The van der Waals surface area contributed by atoms with E-state index in [1.54, 1.807) is 0 Å². The third-order valence-electron chi connectivity index (χ3n) is 2.44. The van der Waals surface area contributed by atoms with Crippen LogP contribution in [0.15, 0.2) is 24.7 Å². The first-order valence-corrected chi connectivity index (χ1v) is 5.56. The molecule has 0 aliphatic carbocycles. The number of pyridine rings is 1. The summed E-state index contributed by atoms with van der Waals surface area (Å²) in [4.78, 5) is 43.0. The van der Waals surface area contributed by atoms with E-state index in [1.807, 2.05) is 0 Å². The van der Waals surface area contributed by atoms with E-state index in [0.29, 0.717) is 0 Å². The third kappa shape index (κ3) is 3.00. The van der Waals surface area contributed by atoms with E-state index in [9.17, 15) is 19.7 Å². The Labute approximate surface area is 117 Å². The van der Waals surface area contributed by atoms with Crippen molar-refractivity contribution in [3.63, 3.8) is 0 Å². The molecule has 2 heterocycles. The molecule has 2 aromatic rings. The largest absolute Gasteiger partial charge is 0.464 e. The highest BCUT2D eigenvalue weighted by Gasteiger charge is 2.21. The highest BCUT2D eigenvalue weighted by atomic mass is 16.6. The maximum atomic E-state index is 12.0. The van der Waals surface area contributed by atoms with E-state index >= 15 is 0 Å². The molecule has 2 N–H and O–H groups in total. The molecule has 0 bridgehead atoms. The van der Waals surface area contributed by atoms with Gasteiger partial charge in [-0.25, -0.2) is 9.78 Å². The molecule has 1 amide bonds. The van der Waals surface area contributed by atoms with Gasteiger partial charge in [0.2, 0.25) is 0 Å². The molecule has 0 aliphatic rings. The molecule has 2 aromatic heterocycles. The Hall–Kier alpha value is -3.30. The number of carbonyl (C=O) groups is 2. The van der Waals surface area contributed by atoms with Gasteiger partial charge in [-0.2, -0.15) is 0 Å². The van der Waals surface area contributed by atoms with Gasteiger partial charge >= 0.3 is 11.8 Å². The highest BCUT2D eigenvalue weighted by molar-refractivity contribution is 6.08. The highest BCUT2D eigenvalue weighted by Crippen LogP contribution is 2.13.